The molecule has 3 heteroatoms. The van der Waals surface area contributed by atoms with E-state index in [9.17, 15) is 4.79 Å². The molecule has 0 radical (unpaired) electrons. The molecule has 50 valence electrons. The summed E-state index contributed by atoms with van der Waals surface area (Å²) in [5.74, 6) is 0. The molecule has 9 heavy (non-hydrogen) atoms. The molecule has 0 spiro atoms. The van der Waals surface area contributed by atoms with Crippen molar-refractivity contribution < 1.29 is 0 Å². The van der Waals surface area contributed by atoms with Crippen molar-refractivity contribution in [2.24, 2.45) is 0 Å². The first-order valence-electron chi connectivity index (χ1n) is 2.45. The molecule has 0 aliphatic heterocycles. The van der Waals surface area contributed by atoms with Gasteiger partial charge in [-0.3, -0.25) is 4.79 Å². The van der Waals surface area contributed by atoms with Gasteiger partial charge in [-0.05, 0) is 13.0 Å². The molecule has 0 aliphatic carbocycles. The van der Waals surface area contributed by atoms with Gasteiger partial charge in [-0.2, -0.15) is 13.5 Å². The summed E-state index contributed by atoms with van der Waals surface area (Å²) in [7, 11) is 0. The summed E-state index contributed by atoms with van der Waals surface area (Å²) in [5, 5.41) is 0. The lowest BCUT2D eigenvalue weighted by molar-refractivity contribution is 1.18. The topological polar surface area (TPSA) is 32.9 Å². The monoisotopic (exact) mass is 143 g/mol. The molecule has 1 aromatic rings. The van der Waals surface area contributed by atoms with Crippen LogP contribution in [0.3, 0.4) is 0 Å². The van der Waals surface area contributed by atoms with Crippen LogP contribution in [0.1, 0.15) is 5.56 Å². The van der Waals surface area contributed by atoms with E-state index in [0.29, 0.717) is 0 Å². The number of rotatable bonds is 0. The number of aryl methyl sites for hydroxylation is 1. The summed E-state index contributed by atoms with van der Waals surface area (Å²) < 4.78 is 0. The number of nitrogens with one attached hydrogen (secondary N) is 1. The minimum atomic E-state index is -0.00694. The summed E-state index contributed by atoms with van der Waals surface area (Å²) in [6.07, 6.45) is 1.62. The van der Waals surface area contributed by atoms with Gasteiger partial charge in [-0.1, -0.05) is 6.07 Å². The first kappa shape index (κ1) is 8.30. The number of aromatic nitrogens is 1. The zero-order chi connectivity index (χ0) is 5.98. The van der Waals surface area contributed by atoms with Gasteiger partial charge in [-0.15, -0.1) is 0 Å². The second-order valence-corrected chi connectivity index (χ2v) is 1.68. The molecule has 0 atom stereocenters. The largest absolute Gasteiger partial charge is 0.329 e. The Bertz CT molecular complexity index is 230. The van der Waals surface area contributed by atoms with Crippen LogP contribution in [0.2, 0.25) is 0 Å². The van der Waals surface area contributed by atoms with E-state index in [1.807, 2.05) is 0 Å². The Hall–Kier alpha value is -0.700. The molecule has 1 aromatic heterocycles. The van der Waals surface area contributed by atoms with E-state index in [1.54, 1.807) is 25.3 Å². The van der Waals surface area contributed by atoms with E-state index in [4.69, 9.17) is 0 Å². The molecule has 0 saturated carbocycles. The van der Waals surface area contributed by atoms with E-state index in [1.165, 1.54) is 0 Å². The fourth-order valence-corrected chi connectivity index (χ4v) is 0.506. The van der Waals surface area contributed by atoms with Crippen molar-refractivity contribution in [2.75, 3.05) is 0 Å². The first-order chi connectivity index (χ1) is 3.80. The third-order valence-corrected chi connectivity index (χ3v) is 1.02. The number of H-pyrrole nitrogens is 1. The summed E-state index contributed by atoms with van der Waals surface area (Å²) in [6, 6.07) is 3.58. The van der Waals surface area contributed by atoms with E-state index in [-0.39, 0.29) is 19.1 Å². The van der Waals surface area contributed by atoms with Gasteiger partial charge in [0.05, 0.1) is 0 Å². The molecule has 0 aromatic carbocycles. The van der Waals surface area contributed by atoms with Crippen LogP contribution >= 0.6 is 13.5 Å². The van der Waals surface area contributed by atoms with Gasteiger partial charge in [-0.25, -0.2) is 0 Å². The molecular formula is C6H9NOS. The van der Waals surface area contributed by atoms with Crippen molar-refractivity contribution in [3.8, 4) is 0 Å². The Morgan fingerprint density at radius 3 is 2.56 bits per heavy atom. The van der Waals surface area contributed by atoms with E-state index in [0.717, 1.165) is 5.56 Å². The standard InChI is InChI=1S/C6H7NO.H2S/c1-5-3-2-4-7-6(5)8;/h2-4H,1H3,(H,7,8);1H2. The maximum Gasteiger partial charge on any atom is 0.250 e. The van der Waals surface area contributed by atoms with Gasteiger partial charge in [0.1, 0.15) is 0 Å². The predicted molar refractivity (Wildman–Crippen MR) is 42.2 cm³/mol. The average molecular weight is 143 g/mol. The third-order valence-electron chi connectivity index (χ3n) is 1.02. The number of hydrogen-bond acceptors (Lipinski definition) is 1. The van der Waals surface area contributed by atoms with Crippen LogP contribution in [0.4, 0.5) is 0 Å². The highest BCUT2D eigenvalue weighted by atomic mass is 32.1. The summed E-state index contributed by atoms with van der Waals surface area (Å²) in [6.45, 7) is 1.78. The molecule has 1 N–H and O–H groups in total. The molecule has 1 heterocycles. The number of hydrogen-bond donors (Lipinski definition) is 1. The molecule has 0 fully saturated rings. The molecule has 0 bridgehead atoms. The van der Waals surface area contributed by atoms with Crippen LogP contribution < -0.4 is 5.56 Å². The van der Waals surface area contributed by atoms with Crippen LogP contribution in [0.25, 0.3) is 0 Å². The highest BCUT2D eigenvalue weighted by Crippen LogP contribution is 1.81. The highest BCUT2D eigenvalue weighted by molar-refractivity contribution is 7.59. The molecule has 0 amide bonds. The molecule has 0 unspecified atom stereocenters. The Morgan fingerprint density at radius 1 is 1.56 bits per heavy atom. The van der Waals surface area contributed by atoms with Crippen LogP contribution in [-0.2, 0) is 0 Å². The third kappa shape index (κ3) is 1.93. The summed E-state index contributed by atoms with van der Waals surface area (Å²) in [5.41, 5.74) is 0.750. The van der Waals surface area contributed by atoms with Crippen LogP contribution in [0.5, 0.6) is 0 Å². The zero-order valence-electron chi connectivity index (χ0n) is 5.14. The highest BCUT2D eigenvalue weighted by Gasteiger charge is 1.83. The molecule has 2 nitrogen and oxygen atoms in total. The zero-order valence-corrected chi connectivity index (χ0v) is 6.14. The Labute approximate surface area is 60.4 Å². The van der Waals surface area contributed by atoms with Gasteiger partial charge in [0.25, 0.3) is 5.56 Å². The van der Waals surface area contributed by atoms with Gasteiger partial charge < -0.3 is 4.98 Å². The van der Waals surface area contributed by atoms with Crippen molar-refractivity contribution in [1.82, 2.24) is 4.98 Å². The lowest BCUT2D eigenvalue weighted by Crippen LogP contribution is -2.06. The number of pyridine rings is 1. The van der Waals surface area contributed by atoms with Crippen molar-refractivity contribution in [1.29, 1.82) is 0 Å². The van der Waals surface area contributed by atoms with Crippen molar-refractivity contribution in [2.45, 2.75) is 6.92 Å². The fraction of sp³-hybridized carbons (Fsp3) is 0.167. The summed E-state index contributed by atoms with van der Waals surface area (Å²) in [4.78, 5) is 13.1. The van der Waals surface area contributed by atoms with Crippen molar-refractivity contribution in [3.05, 3.63) is 34.2 Å². The van der Waals surface area contributed by atoms with E-state index < -0.39 is 0 Å². The smallest absolute Gasteiger partial charge is 0.250 e. The predicted octanol–water partition coefficient (Wildman–Crippen LogP) is 0.796. The molecule has 1 rings (SSSR count). The Morgan fingerprint density at radius 2 is 2.22 bits per heavy atom. The molecule has 0 saturated heterocycles. The van der Waals surface area contributed by atoms with Gasteiger partial charge in [0.15, 0.2) is 0 Å². The maximum atomic E-state index is 10.6. The maximum absolute atomic E-state index is 10.6. The fourth-order valence-electron chi connectivity index (χ4n) is 0.506. The lowest BCUT2D eigenvalue weighted by atomic mass is 10.3. The van der Waals surface area contributed by atoms with Crippen molar-refractivity contribution >= 4 is 13.5 Å². The minimum Gasteiger partial charge on any atom is -0.329 e. The number of aromatic amines is 1. The minimum absolute atomic E-state index is 0. The first-order valence-corrected chi connectivity index (χ1v) is 2.45. The second-order valence-electron chi connectivity index (χ2n) is 1.68. The van der Waals surface area contributed by atoms with Crippen LogP contribution in [0, 0.1) is 6.92 Å². The quantitative estimate of drug-likeness (QED) is 0.572. The lowest BCUT2D eigenvalue weighted by Gasteiger charge is -1.83. The second kappa shape index (κ2) is 3.35. The molecular weight excluding hydrogens is 134 g/mol. The van der Waals surface area contributed by atoms with E-state index >= 15 is 0 Å². The normalized spacial score (nSPS) is 8.11. The summed E-state index contributed by atoms with van der Waals surface area (Å²) >= 11 is 0. The molecule has 0 aliphatic rings. The van der Waals surface area contributed by atoms with Gasteiger partial charge in [0, 0.05) is 11.8 Å². The van der Waals surface area contributed by atoms with Gasteiger partial charge in [0.2, 0.25) is 0 Å². The average Bonchev–Trinajstić information content (AvgIpc) is 1.77. The Kier molecular flexibility index (Phi) is 3.09. The van der Waals surface area contributed by atoms with Crippen molar-refractivity contribution in [3.63, 3.8) is 0 Å². The van der Waals surface area contributed by atoms with Crippen LogP contribution in [-0.4, -0.2) is 4.98 Å². The Balaban J connectivity index is 0.000000640. The SMILES string of the molecule is Cc1ccc[nH]c1=O.S. The van der Waals surface area contributed by atoms with E-state index in [2.05, 4.69) is 4.98 Å². The van der Waals surface area contributed by atoms with Crippen LogP contribution in [0.15, 0.2) is 23.1 Å². The van der Waals surface area contributed by atoms with Gasteiger partial charge >= 0.3 is 0 Å².